The van der Waals surface area contributed by atoms with Crippen LogP contribution in [0.3, 0.4) is 0 Å². The summed E-state index contributed by atoms with van der Waals surface area (Å²) in [7, 11) is 0. The number of rotatable bonds is 52. The molecule has 0 aromatic carbocycles. The maximum absolute atomic E-state index is 12.5. The molecule has 0 fully saturated rings. The molecule has 0 aromatic heterocycles. The van der Waals surface area contributed by atoms with E-state index in [1.165, 1.54) is 225 Å². The van der Waals surface area contributed by atoms with Gasteiger partial charge in [-0.3, -0.25) is 9.59 Å². The average Bonchev–Trinajstić information content (AvgIpc) is 3.27. The van der Waals surface area contributed by atoms with E-state index in [1.54, 1.807) is 0 Å². The molecule has 0 bridgehead atoms. The summed E-state index contributed by atoms with van der Waals surface area (Å²) in [6.45, 7) is 4.93. The molecule has 0 saturated carbocycles. The topological polar surface area (TPSA) is 95.9 Å². The number of amides is 1. The van der Waals surface area contributed by atoms with Crippen LogP contribution in [0.2, 0.25) is 0 Å². The van der Waals surface area contributed by atoms with E-state index in [1.807, 2.05) is 0 Å². The minimum atomic E-state index is -0.670. The van der Waals surface area contributed by atoms with Crippen LogP contribution < -0.4 is 5.32 Å². The van der Waals surface area contributed by atoms with E-state index < -0.39 is 12.1 Å². The molecule has 0 aliphatic rings. The Labute approximate surface area is 387 Å². The number of hydrogen-bond acceptors (Lipinski definition) is 5. The molecule has 0 heterocycles. The van der Waals surface area contributed by atoms with Gasteiger partial charge in [0.25, 0.3) is 0 Å². The highest BCUT2D eigenvalue weighted by Gasteiger charge is 2.20. The summed E-state index contributed by atoms with van der Waals surface area (Å²) in [5, 5.41) is 23.3. The van der Waals surface area contributed by atoms with E-state index in [0.717, 1.165) is 51.4 Å². The smallest absolute Gasteiger partial charge is 0.305 e. The fraction of sp³-hybridized carbons (Fsp3) is 0.929. The molecule has 0 aromatic rings. The number of ether oxygens (including phenoxy) is 1. The van der Waals surface area contributed by atoms with Gasteiger partial charge in [-0.15, -0.1) is 0 Å². The third kappa shape index (κ3) is 48.1. The summed E-state index contributed by atoms with van der Waals surface area (Å²) < 4.78 is 5.45. The van der Waals surface area contributed by atoms with Crippen LogP contribution in [0.1, 0.15) is 309 Å². The van der Waals surface area contributed by atoms with E-state index in [9.17, 15) is 19.8 Å². The number of nitrogens with one attached hydrogen (secondary N) is 1. The highest BCUT2D eigenvalue weighted by Crippen LogP contribution is 2.17. The number of aliphatic hydroxyl groups is 2. The molecule has 0 aliphatic carbocycles. The number of carbonyl (C=O) groups is 2. The van der Waals surface area contributed by atoms with Gasteiger partial charge in [0.2, 0.25) is 5.91 Å². The van der Waals surface area contributed by atoms with Crippen molar-refractivity contribution in [1.29, 1.82) is 0 Å². The normalized spacial score (nSPS) is 12.6. The fourth-order valence-electron chi connectivity index (χ4n) is 8.75. The first kappa shape index (κ1) is 60.6. The van der Waals surface area contributed by atoms with Gasteiger partial charge in [0.15, 0.2) is 0 Å². The van der Waals surface area contributed by atoms with Crippen molar-refractivity contribution in [1.82, 2.24) is 5.32 Å². The lowest BCUT2D eigenvalue weighted by Crippen LogP contribution is -2.45. The van der Waals surface area contributed by atoms with Gasteiger partial charge in [0.1, 0.15) is 0 Å². The molecule has 3 N–H and O–H groups in total. The zero-order valence-corrected chi connectivity index (χ0v) is 41.9. The Bertz CT molecular complexity index is 924. The Kier molecular flexibility index (Phi) is 51.0. The molecule has 6 heteroatoms. The largest absolute Gasteiger partial charge is 0.466 e. The Morgan fingerprint density at radius 1 is 0.435 bits per heavy atom. The van der Waals surface area contributed by atoms with Gasteiger partial charge >= 0.3 is 5.97 Å². The summed E-state index contributed by atoms with van der Waals surface area (Å²) >= 11 is 0. The van der Waals surface area contributed by atoms with Crippen LogP contribution in [0.15, 0.2) is 12.2 Å². The third-order valence-electron chi connectivity index (χ3n) is 13.1. The molecular formula is C56H109NO5. The number of aliphatic hydroxyl groups excluding tert-OH is 2. The van der Waals surface area contributed by atoms with E-state index >= 15 is 0 Å². The molecule has 62 heavy (non-hydrogen) atoms. The number of esters is 1. The second-order valence-corrected chi connectivity index (χ2v) is 19.3. The summed E-state index contributed by atoms with van der Waals surface area (Å²) in [6, 6.07) is -0.547. The summed E-state index contributed by atoms with van der Waals surface area (Å²) in [5.41, 5.74) is 0. The number of allylic oxidation sites excluding steroid dienone is 2. The Balaban J connectivity index is 3.44. The van der Waals surface area contributed by atoms with Gasteiger partial charge in [0.05, 0.1) is 25.4 Å². The summed E-state index contributed by atoms with van der Waals surface area (Å²) in [5.74, 6) is -0.0500. The predicted octanol–water partition coefficient (Wildman–Crippen LogP) is 16.9. The molecular weight excluding hydrogens is 767 g/mol. The van der Waals surface area contributed by atoms with Crippen LogP contribution in [-0.2, 0) is 14.3 Å². The van der Waals surface area contributed by atoms with Crippen LogP contribution in [0.5, 0.6) is 0 Å². The lowest BCUT2D eigenvalue weighted by molar-refractivity contribution is -0.143. The maximum Gasteiger partial charge on any atom is 0.305 e. The van der Waals surface area contributed by atoms with E-state index in [-0.39, 0.29) is 18.5 Å². The van der Waals surface area contributed by atoms with Gasteiger partial charge < -0.3 is 20.3 Å². The van der Waals surface area contributed by atoms with Crippen molar-refractivity contribution in [2.45, 2.75) is 321 Å². The molecule has 0 radical (unpaired) electrons. The molecule has 0 spiro atoms. The Morgan fingerprint density at radius 3 is 1.18 bits per heavy atom. The number of carbonyl (C=O) groups excluding carboxylic acids is 2. The lowest BCUT2D eigenvalue weighted by atomic mass is 10.0. The van der Waals surface area contributed by atoms with Crippen molar-refractivity contribution in [2.24, 2.45) is 0 Å². The maximum atomic E-state index is 12.5. The van der Waals surface area contributed by atoms with Crippen molar-refractivity contribution in [3.8, 4) is 0 Å². The lowest BCUT2D eigenvalue weighted by Gasteiger charge is -2.22. The van der Waals surface area contributed by atoms with E-state index in [0.29, 0.717) is 25.9 Å². The molecule has 6 nitrogen and oxygen atoms in total. The van der Waals surface area contributed by atoms with Crippen molar-refractivity contribution in [3.63, 3.8) is 0 Å². The second-order valence-electron chi connectivity index (χ2n) is 19.3. The SMILES string of the molecule is CCCCC/C=C\CCCCCCCC(=O)OCCCCCCCCCCCCCCCCCC(=O)NC(CO)C(O)CCCCCCCCCCCCCCCCCCCC. The molecule has 0 saturated heterocycles. The predicted molar refractivity (Wildman–Crippen MR) is 269 cm³/mol. The summed E-state index contributed by atoms with van der Waals surface area (Å²) in [6.07, 6.45) is 60.4. The van der Waals surface area contributed by atoms with Crippen molar-refractivity contribution in [3.05, 3.63) is 12.2 Å². The molecule has 2 unspecified atom stereocenters. The molecule has 1 amide bonds. The standard InChI is InChI=1S/C56H109NO5/c1-3-5-7-9-11-13-15-17-18-19-20-22-25-28-32-36-40-44-48-54(59)53(52-58)57-55(60)49-45-41-37-33-29-26-23-21-24-27-31-35-39-43-47-51-62-56(61)50-46-42-38-34-30-16-14-12-10-8-6-4-2/h12,14,53-54,58-59H,3-11,13,15-52H2,1-2H3,(H,57,60)/b14-12-. The fourth-order valence-corrected chi connectivity index (χ4v) is 8.75. The van der Waals surface area contributed by atoms with Gasteiger partial charge in [0, 0.05) is 12.8 Å². The van der Waals surface area contributed by atoms with Gasteiger partial charge in [-0.05, 0) is 51.4 Å². The van der Waals surface area contributed by atoms with Crippen LogP contribution in [0.25, 0.3) is 0 Å². The molecule has 2 atom stereocenters. The van der Waals surface area contributed by atoms with Gasteiger partial charge in [-0.1, -0.05) is 257 Å². The van der Waals surface area contributed by atoms with Crippen LogP contribution >= 0.6 is 0 Å². The molecule has 368 valence electrons. The first-order chi connectivity index (χ1) is 30.5. The quantitative estimate of drug-likeness (QED) is 0.0321. The van der Waals surface area contributed by atoms with E-state index in [2.05, 4.69) is 31.3 Å². The zero-order chi connectivity index (χ0) is 45.1. The Hall–Kier alpha value is -1.40. The van der Waals surface area contributed by atoms with Crippen molar-refractivity contribution >= 4 is 11.9 Å². The van der Waals surface area contributed by atoms with E-state index in [4.69, 9.17) is 4.74 Å². The van der Waals surface area contributed by atoms with Crippen LogP contribution in [-0.4, -0.2) is 47.4 Å². The average molecular weight is 876 g/mol. The first-order valence-electron chi connectivity index (χ1n) is 27.9. The highest BCUT2D eigenvalue weighted by molar-refractivity contribution is 5.76. The Morgan fingerprint density at radius 2 is 0.758 bits per heavy atom. The van der Waals surface area contributed by atoms with Crippen LogP contribution in [0.4, 0.5) is 0 Å². The van der Waals surface area contributed by atoms with Gasteiger partial charge in [-0.25, -0.2) is 0 Å². The number of hydrogen-bond donors (Lipinski definition) is 3. The third-order valence-corrected chi connectivity index (χ3v) is 13.1. The molecule has 0 aliphatic heterocycles. The highest BCUT2D eigenvalue weighted by atomic mass is 16.5. The van der Waals surface area contributed by atoms with Crippen molar-refractivity contribution < 1.29 is 24.5 Å². The minimum Gasteiger partial charge on any atom is -0.466 e. The summed E-state index contributed by atoms with van der Waals surface area (Å²) in [4.78, 5) is 24.5. The second kappa shape index (κ2) is 52.2. The van der Waals surface area contributed by atoms with Crippen molar-refractivity contribution in [2.75, 3.05) is 13.2 Å². The number of unbranched alkanes of at least 4 members (excludes halogenated alkanes) is 39. The molecule has 0 rings (SSSR count). The van der Waals surface area contributed by atoms with Gasteiger partial charge in [-0.2, -0.15) is 0 Å². The monoisotopic (exact) mass is 876 g/mol. The minimum absolute atomic E-state index is 0.00878. The zero-order valence-electron chi connectivity index (χ0n) is 41.9. The first-order valence-corrected chi connectivity index (χ1v) is 27.9. The van der Waals surface area contributed by atoms with Crippen LogP contribution in [0, 0.1) is 0 Å².